The maximum Gasteiger partial charge on any atom is 0.220 e. The SMILES string of the molecule is CCCCCCCCCCCCCCCCCCCCCCCCCCCCCCCCC(=O)NC(COC1OC(CO)C(OC2OC(CO)C(O)C(O)C2O)C(O)C1O)C(O)CCCCCCCCCCCCCCCCCCC. The lowest BCUT2D eigenvalue weighted by atomic mass is 9.97. The van der Waals surface area contributed by atoms with Crippen molar-refractivity contribution in [3.05, 3.63) is 0 Å². The summed E-state index contributed by atoms with van der Waals surface area (Å²) < 4.78 is 22.9. The molecule has 482 valence electrons. The molecule has 0 aromatic rings. The molecule has 0 aromatic carbocycles. The first kappa shape index (κ1) is 76.1. The minimum absolute atomic E-state index is 0.198. The van der Waals surface area contributed by atoms with Crippen LogP contribution in [0.15, 0.2) is 0 Å². The molecule has 0 saturated carbocycles. The molecule has 1 amide bonds. The lowest BCUT2D eigenvalue weighted by molar-refractivity contribution is -0.359. The molecular formula is C67H131NO13. The van der Waals surface area contributed by atoms with E-state index in [4.69, 9.17) is 18.9 Å². The van der Waals surface area contributed by atoms with Crippen LogP contribution in [-0.4, -0.2) is 140 Å². The second kappa shape index (κ2) is 53.2. The Labute approximate surface area is 495 Å². The molecule has 0 bridgehead atoms. The van der Waals surface area contributed by atoms with E-state index in [0.717, 1.165) is 51.4 Å². The number of ether oxygens (including phenoxy) is 4. The van der Waals surface area contributed by atoms with E-state index in [0.29, 0.717) is 12.8 Å². The lowest BCUT2D eigenvalue weighted by Crippen LogP contribution is -2.65. The Morgan fingerprint density at radius 1 is 0.395 bits per heavy atom. The third-order valence-corrected chi connectivity index (χ3v) is 17.6. The molecular weight excluding hydrogens is 1030 g/mol. The zero-order chi connectivity index (χ0) is 58.8. The van der Waals surface area contributed by atoms with Crippen molar-refractivity contribution in [1.29, 1.82) is 0 Å². The Morgan fingerprint density at radius 3 is 1.05 bits per heavy atom. The molecule has 2 heterocycles. The van der Waals surface area contributed by atoms with E-state index in [1.165, 1.54) is 250 Å². The van der Waals surface area contributed by atoms with Crippen LogP contribution in [0.5, 0.6) is 0 Å². The van der Waals surface area contributed by atoms with Gasteiger partial charge in [0.25, 0.3) is 0 Å². The van der Waals surface area contributed by atoms with Crippen LogP contribution in [0.1, 0.15) is 328 Å². The van der Waals surface area contributed by atoms with Gasteiger partial charge in [-0.3, -0.25) is 4.79 Å². The first-order valence-electron chi connectivity index (χ1n) is 34.8. The molecule has 2 saturated heterocycles. The smallest absolute Gasteiger partial charge is 0.220 e. The first-order chi connectivity index (χ1) is 39.6. The van der Waals surface area contributed by atoms with Crippen LogP contribution in [0.4, 0.5) is 0 Å². The molecule has 14 nitrogen and oxygen atoms in total. The topological polar surface area (TPSA) is 228 Å². The molecule has 12 atom stereocenters. The van der Waals surface area contributed by atoms with Crippen molar-refractivity contribution in [1.82, 2.24) is 5.32 Å². The second-order valence-electron chi connectivity index (χ2n) is 25.0. The number of hydrogen-bond acceptors (Lipinski definition) is 13. The van der Waals surface area contributed by atoms with E-state index in [2.05, 4.69) is 19.2 Å². The number of unbranched alkanes of at least 4 members (excludes halogenated alkanes) is 45. The maximum atomic E-state index is 13.3. The second-order valence-corrected chi connectivity index (χ2v) is 25.0. The Balaban J connectivity index is 1.63. The maximum absolute atomic E-state index is 13.3. The van der Waals surface area contributed by atoms with E-state index < -0.39 is 86.8 Å². The van der Waals surface area contributed by atoms with Crippen LogP contribution in [-0.2, 0) is 23.7 Å². The predicted molar refractivity (Wildman–Crippen MR) is 328 cm³/mol. The summed E-state index contributed by atoms with van der Waals surface area (Å²) in [5, 5.41) is 87.5. The fourth-order valence-corrected chi connectivity index (χ4v) is 12.0. The average molecular weight is 1160 g/mol. The van der Waals surface area contributed by atoms with Crippen molar-refractivity contribution in [2.45, 2.75) is 402 Å². The molecule has 14 heteroatoms. The molecule has 2 aliphatic rings. The van der Waals surface area contributed by atoms with Gasteiger partial charge in [0.2, 0.25) is 5.91 Å². The molecule has 2 fully saturated rings. The van der Waals surface area contributed by atoms with Gasteiger partial charge in [0, 0.05) is 6.42 Å². The molecule has 0 aromatic heterocycles. The molecule has 9 N–H and O–H groups in total. The predicted octanol–water partition coefficient (Wildman–Crippen LogP) is 13.6. The number of aliphatic hydroxyl groups is 8. The lowest BCUT2D eigenvalue weighted by Gasteiger charge is -2.46. The third-order valence-electron chi connectivity index (χ3n) is 17.6. The van der Waals surface area contributed by atoms with Crippen LogP contribution in [0, 0.1) is 0 Å². The monoisotopic (exact) mass is 1160 g/mol. The van der Waals surface area contributed by atoms with Gasteiger partial charge in [-0.1, -0.05) is 309 Å². The minimum Gasteiger partial charge on any atom is -0.394 e. The number of amides is 1. The Morgan fingerprint density at radius 2 is 0.704 bits per heavy atom. The Kier molecular flexibility index (Phi) is 50.0. The number of aliphatic hydroxyl groups excluding tert-OH is 8. The van der Waals surface area contributed by atoms with Crippen molar-refractivity contribution in [3.63, 3.8) is 0 Å². The van der Waals surface area contributed by atoms with Crippen molar-refractivity contribution >= 4 is 5.91 Å². The van der Waals surface area contributed by atoms with Gasteiger partial charge in [-0.2, -0.15) is 0 Å². The van der Waals surface area contributed by atoms with Gasteiger partial charge >= 0.3 is 0 Å². The van der Waals surface area contributed by atoms with Crippen LogP contribution >= 0.6 is 0 Å². The van der Waals surface area contributed by atoms with Crippen LogP contribution in [0.25, 0.3) is 0 Å². The number of hydrogen-bond donors (Lipinski definition) is 9. The highest BCUT2D eigenvalue weighted by Gasteiger charge is 2.51. The number of rotatable bonds is 58. The average Bonchev–Trinajstić information content (AvgIpc) is 3.63. The van der Waals surface area contributed by atoms with Gasteiger partial charge in [0.1, 0.15) is 48.8 Å². The molecule has 81 heavy (non-hydrogen) atoms. The summed E-state index contributed by atoms with van der Waals surface area (Å²) in [5.41, 5.74) is 0. The summed E-state index contributed by atoms with van der Waals surface area (Å²) in [7, 11) is 0. The Hall–Kier alpha value is -1.01. The summed E-state index contributed by atoms with van der Waals surface area (Å²) in [6.45, 7) is 2.92. The van der Waals surface area contributed by atoms with Crippen LogP contribution in [0.3, 0.4) is 0 Å². The first-order valence-corrected chi connectivity index (χ1v) is 34.8. The molecule has 0 aliphatic carbocycles. The summed E-state index contributed by atoms with van der Waals surface area (Å²) in [6.07, 6.45) is 45.5. The quantitative estimate of drug-likeness (QED) is 0.0259. The van der Waals surface area contributed by atoms with Gasteiger partial charge < -0.3 is 65.1 Å². The van der Waals surface area contributed by atoms with Crippen molar-refractivity contribution in [3.8, 4) is 0 Å². The summed E-state index contributed by atoms with van der Waals surface area (Å²) in [4.78, 5) is 13.3. The van der Waals surface area contributed by atoms with Crippen molar-refractivity contribution < 1.29 is 64.6 Å². The standard InChI is InChI=1S/C67H131NO13/c1-3-5-7-9-11-13-15-17-19-21-22-23-24-25-26-27-28-29-30-31-32-33-35-37-39-41-43-45-47-49-51-59(72)68-55(56(71)50-48-46-44-42-40-38-36-34-20-18-16-14-12-10-8-6-4-2)54-78-66-64(77)62(75)65(58(53-70)80-66)81-67-63(76)61(74)60(73)57(52-69)79-67/h55-58,60-67,69-71,73-77H,3-54H2,1-2H3,(H,68,72). The highest BCUT2D eigenvalue weighted by Crippen LogP contribution is 2.30. The number of carbonyl (C=O) groups is 1. The van der Waals surface area contributed by atoms with Gasteiger partial charge in [0.15, 0.2) is 12.6 Å². The zero-order valence-electron chi connectivity index (χ0n) is 52.3. The van der Waals surface area contributed by atoms with E-state index >= 15 is 0 Å². The summed E-state index contributed by atoms with van der Waals surface area (Å²) in [5.74, 6) is -0.198. The number of carbonyl (C=O) groups excluding carboxylic acids is 1. The molecule has 0 spiro atoms. The zero-order valence-corrected chi connectivity index (χ0v) is 52.3. The highest BCUT2D eigenvalue weighted by molar-refractivity contribution is 5.76. The van der Waals surface area contributed by atoms with E-state index in [9.17, 15) is 45.6 Å². The van der Waals surface area contributed by atoms with Crippen LogP contribution < -0.4 is 5.32 Å². The molecule has 12 unspecified atom stereocenters. The van der Waals surface area contributed by atoms with Gasteiger partial charge in [-0.15, -0.1) is 0 Å². The summed E-state index contributed by atoms with van der Waals surface area (Å²) in [6, 6.07) is -0.823. The van der Waals surface area contributed by atoms with E-state index in [1.807, 2.05) is 0 Å². The normalized spacial score (nSPS) is 24.0. The largest absolute Gasteiger partial charge is 0.394 e. The van der Waals surface area contributed by atoms with E-state index in [-0.39, 0.29) is 12.5 Å². The van der Waals surface area contributed by atoms with Crippen LogP contribution in [0.2, 0.25) is 0 Å². The highest BCUT2D eigenvalue weighted by atomic mass is 16.7. The van der Waals surface area contributed by atoms with Gasteiger partial charge in [-0.05, 0) is 12.8 Å². The van der Waals surface area contributed by atoms with Gasteiger partial charge in [0.05, 0.1) is 32.0 Å². The van der Waals surface area contributed by atoms with Crippen molar-refractivity contribution in [2.24, 2.45) is 0 Å². The fraction of sp³-hybridized carbons (Fsp3) is 0.985. The fourth-order valence-electron chi connectivity index (χ4n) is 12.0. The molecule has 2 aliphatic heterocycles. The molecule has 0 radical (unpaired) electrons. The summed E-state index contributed by atoms with van der Waals surface area (Å²) >= 11 is 0. The van der Waals surface area contributed by atoms with Crippen molar-refractivity contribution in [2.75, 3.05) is 19.8 Å². The Bertz CT molecular complexity index is 1360. The minimum atomic E-state index is -1.78. The number of nitrogens with one attached hydrogen (secondary N) is 1. The van der Waals surface area contributed by atoms with E-state index in [1.54, 1.807) is 0 Å². The van der Waals surface area contributed by atoms with Gasteiger partial charge in [-0.25, -0.2) is 0 Å². The third kappa shape index (κ3) is 38.0. The molecule has 2 rings (SSSR count).